The van der Waals surface area contributed by atoms with Crippen LogP contribution in [0, 0.1) is 5.92 Å². The van der Waals surface area contributed by atoms with E-state index in [0.29, 0.717) is 12.3 Å². The van der Waals surface area contributed by atoms with Gasteiger partial charge in [0.15, 0.2) is 0 Å². The highest BCUT2D eigenvalue weighted by Crippen LogP contribution is 2.40. The molecule has 1 N–H and O–H groups in total. The Morgan fingerprint density at radius 2 is 1.93 bits per heavy atom. The number of hydrogen-bond acceptors (Lipinski definition) is 3. The van der Waals surface area contributed by atoms with Crippen LogP contribution in [-0.2, 0) is 10.5 Å². The van der Waals surface area contributed by atoms with Crippen LogP contribution in [-0.4, -0.2) is 35.6 Å². The molecule has 152 valence electrons. The summed E-state index contributed by atoms with van der Waals surface area (Å²) in [4.78, 5) is 14.8. The molecule has 29 heavy (non-hydrogen) atoms. The second kappa shape index (κ2) is 9.64. The molecule has 2 aromatic rings. The summed E-state index contributed by atoms with van der Waals surface area (Å²) >= 11 is 1.93. The van der Waals surface area contributed by atoms with Gasteiger partial charge in [0.1, 0.15) is 0 Å². The Morgan fingerprint density at radius 3 is 2.79 bits per heavy atom. The van der Waals surface area contributed by atoms with Gasteiger partial charge in [-0.1, -0.05) is 48.5 Å². The molecule has 3 nitrogen and oxygen atoms in total. The van der Waals surface area contributed by atoms with Crippen LogP contribution < -0.4 is 0 Å². The number of benzene rings is 2. The van der Waals surface area contributed by atoms with Crippen molar-refractivity contribution in [1.82, 2.24) is 4.90 Å². The van der Waals surface area contributed by atoms with E-state index < -0.39 is 5.97 Å². The van der Waals surface area contributed by atoms with Gasteiger partial charge in [0.2, 0.25) is 0 Å². The molecule has 0 aromatic heterocycles. The van der Waals surface area contributed by atoms with Crippen LogP contribution in [0.3, 0.4) is 0 Å². The number of rotatable bonds is 6. The number of thioether (sulfide) groups is 1. The van der Waals surface area contributed by atoms with E-state index >= 15 is 0 Å². The largest absolute Gasteiger partial charge is 0.481 e. The molecule has 2 heterocycles. The molecule has 2 aromatic carbocycles. The van der Waals surface area contributed by atoms with Crippen molar-refractivity contribution in [2.75, 3.05) is 19.6 Å². The fourth-order valence-corrected chi connectivity index (χ4v) is 5.62. The lowest BCUT2D eigenvalue weighted by atomic mass is 9.92. The highest BCUT2D eigenvalue weighted by Gasteiger charge is 2.21. The summed E-state index contributed by atoms with van der Waals surface area (Å²) in [6.45, 7) is 3.22. The Kier molecular flexibility index (Phi) is 6.73. The van der Waals surface area contributed by atoms with Crippen molar-refractivity contribution in [2.45, 2.75) is 42.8 Å². The van der Waals surface area contributed by atoms with Crippen molar-refractivity contribution in [2.24, 2.45) is 5.92 Å². The summed E-state index contributed by atoms with van der Waals surface area (Å²) in [6.07, 6.45) is 6.91. The summed E-state index contributed by atoms with van der Waals surface area (Å²) in [6, 6.07) is 17.5. The average Bonchev–Trinajstić information content (AvgIpc) is 2.90. The SMILES string of the molecule is O=C(O)CCC1CCCN(CCC=C2c3ccccc3CSc3ccccc32)C1. The van der Waals surface area contributed by atoms with Crippen molar-refractivity contribution >= 4 is 23.3 Å². The van der Waals surface area contributed by atoms with E-state index in [4.69, 9.17) is 5.11 Å². The lowest BCUT2D eigenvalue weighted by Gasteiger charge is -2.32. The Balaban J connectivity index is 1.47. The van der Waals surface area contributed by atoms with Gasteiger partial charge in [-0.05, 0) is 66.5 Å². The predicted octanol–water partition coefficient (Wildman–Crippen LogP) is 5.69. The molecule has 0 radical (unpaired) electrons. The van der Waals surface area contributed by atoms with Gasteiger partial charge in [-0.15, -0.1) is 11.8 Å². The molecule has 1 fully saturated rings. The molecule has 2 aliphatic rings. The Labute approximate surface area is 177 Å². The fraction of sp³-hybridized carbons (Fsp3) is 0.400. The van der Waals surface area contributed by atoms with Crippen LogP contribution in [0.5, 0.6) is 0 Å². The van der Waals surface area contributed by atoms with Crippen molar-refractivity contribution in [3.05, 3.63) is 71.3 Å². The molecule has 0 aliphatic carbocycles. The Morgan fingerprint density at radius 1 is 1.14 bits per heavy atom. The topological polar surface area (TPSA) is 40.5 Å². The maximum Gasteiger partial charge on any atom is 0.303 e. The van der Waals surface area contributed by atoms with E-state index in [2.05, 4.69) is 59.5 Å². The Bertz CT molecular complexity index is 842. The van der Waals surface area contributed by atoms with Gasteiger partial charge in [0, 0.05) is 30.2 Å². The number of carbonyl (C=O) groups is 1. The van der Waals surface area contributed by atoms with Crippen LogP contribution in [0.25, 0.3) is 5.57 Å². The van der Waals surface area contributed by atoms with Crippen molar-refractivity contribution in [3.8, 4) is 0 Å². The highest BCUT2D eigenvalue weighted by molar-refractivity contribution is 7.98. The molecule has 0 saturated carbocycles. The van der Waals surface area contributed by atoms with Crippen LogP contribution in [0.1, 0.15) is 48.8 Å². The first-order valence-electron chi connectivity index (χ1n) is 10.7. The first kappa shape index (κ1) is 20.2. The molecular formula is C25H29NO2S. The van der Waals surface area contributed by atoms with Crippen LogP contribution in [0.15, 0.2) is 59.5 Å². The van der Waals surface area contributed by atoms with E-state index in [0.717, 1.165) is 38.2 Å². The lowest BCUT2D eigenvalue weighted by molar-refractivity contribution is -0.137. The molecule has 0 amide bonds. The number of carboxylic acid groups (broad SMARTS) is 1. The zero-order valence-corrected chi connectivity index (χ0v) is 17.7. The molecule has 4 heteroatoms. The highest BCUT2D eigenvalue weighted by atomic mass is 32.2. The first-order chi connectivity index (χ1) is 14.2. The zero-order valence-electron chi connectivity index (χ0n) is 16.8. The van der Waals surface area contributed by atoms with E-state index in [-0.39, 0.29) is 0 Å². The molecule has 0 bridgehead atoms. The van der Waals surface area contributed by atoms with Gasteiger partial charge in [-0.2, -0.15) is 0 Å². The molecule has 2 aliphatic heterocycles. The normalized spacial score (nSPS) is 20.7. The number of hydrogen-bond donors (Lipinski definition) is 1. The van der Waals surface area contributed by atoms with E-state index in [1.54, 1.807) is 0 Å². The van der Waals surface area contributed by atoms with Gasteiger partial charge < -0.3 is 10.0 Å². The standard InChI is InChI=1S/C25H29NO2S/c27-25(28)14-13-19-7-5-15-26(17-19)16-6-11-22-21-9-2-1-8-20(21)18-29-24-12-4-3-10-23(22)24/h1-4,8-12,19H,5-7,13-18H2,(H,27,28). The van der Waals surface area contributed by atoms with E-state index in [1.165, 1.54) is 40.0 Å². The third-order valence-corrected chi connectivity index (χ3v) is 7.15. The summed E-state index contributed by atoms with van der Waals surface area (Å²) < 4.78 is 0. The smallest absolute Gasteiger partial charge is 0.303 e. The minimum atomic E-state index is -0.671. The summed E-state index contributed by atoms with van der Waals surface area (Å²) in [5, 5.41) is 8.96. The van der Waals surface area contributed by atoms with Gasteiger partial charge >= 0.3 is 5.97 Å². The van der Waals surface area contributed by atoms with Gasteiger partial charge in [0.05, 0.1) is 0 Å². The van der Waals surface area contributed by atoms with Crippen LogP contribution in [0.4, 0.5) is 0 Å². The van der Waals surface area contributed by atoms with Crippen LogP contribution in [0.2, 0.25) is 0 Å². The molecular weight excluding hydrogens is 378 g/mol. The first-order valence-corrected chi connectivity index (χ1v) is 11.6. The van der Waals surface area contributed by atoms with Gasteiger partial charge in [0.25, 0.3) is 0 Å². The number of nitrogens with zero attached hydrogens (tertiary/aromatic N) is 1. The molecule has 4 rings (SSSR count). The number of fused-ring (bicyclic) bond motifs is 2. The van der Waals surface area contributed by atoms with Crippen LogP contribution >= 0.6 is 11.8 Å². The third-order valence-electron chi connectivity index (χ3n) is 6.03. The second-order valence-corrected chi connectivity index (χ2v) is 9.11. The summed E-state index contributed by atoms with van der Waals surface area (Å²) in [5.74, 6) is 0.876. The molecule has 1 atom stereocenters. The number of piperidine rings is 1. The van der Waals surface area contributed by atoms with Gasteiger partial charge in [-0.3, -0.25) is 4.79 Å². The number of likely N-dealkylation sites (tertiary alicyclic amines) is 1. The molecule has 0 spiro atoms. The Hall–Kier alpha value is -2.04. The molecule has 1 unspecified atom stereocenters. The average molecular weight is 408 g/mol. The quantitative estimate of drug-likeness (QED) is 0.668. The minimum absolute atomic E-state index is 0.299. The number of carboxylic acids is 1. The monoisotopic (exact) mass is 407 g/mol. The van der Waals surface area contributed by atoms with E-state index in [1.807, 2.05) is 11.8 Å². The zero-order chi connectivity index (χ0) is 20.1. The predicted molar refractivity (Wildman–Crippen MR) is 120 cm³/mol. The minimum Gasteiger partial charge on any atom is -0.481 e. The summed E-state index contributed by atoms with van der Waals surface area (Å²) in [5.41, 5.74) is 5.48. The summed E-state index contributed by atoms with van der Waals surface area (Å²) in [7, 11) is 0. The number of aliphatic carboxylic acids is 1. The van der Waals surface area contributed by atoms with Gasteiger partial charge in [-0.25, -0.2) is 0 Å². The van der Waals surface area contributed by atoms with Crippen molar-refractivity contribution in [1.29, 1.82) is 0 Å². The van der Waals surface area contributed by atoms with Crippen molar-refractivity contribution < 1.29 is 9.90 Å². The van der Waals surface area contributed by atoms with Crippen molar-refractivity contribution in [3.63, 3.8) is 0 Å². The van der Waals surface area contributed by atoms with E-state index in [9.17, 15) is 4.79 Å². The lowest BCUT2D eigenvalue weighted by Crippen LogP contribution is -2.36. The maximum atomic E-state index is 10.9. The maximum absolute atomic E-state index is 10.9. The third kappa shape index (κ3) is 5.12. The fourth-order valence-electron chi connectivity index (χ4n) is 4.55. The second-order valence-electron chi connectivity index (χ2n) is 8.09. The molecule has 1 saturated heterocycles.